The van der Waals surface area contributed by atoms with Gasteiger partial charge >= 0.3 is 0 Å². The van der Waals surface area contributed by atoms with Gasteiger partial charge in [0.2, 0.25) is 0 Å². The first-order chi connectivity index (χ1) is 8.68. The van der Waals surface area contributed by atoms with Gasteiger partial charge in [-0.25, -0.2) is 13.4 Å². The van der Waals surface area contributed by atoms with E-state index in [1.54, 1.807) is 25.2 Å². The average Bonchev–Trinajstić information content (AvgIpc) is 2.68. The predicted octanol–water partition coefficient (Wildman–Crippen LogP) is 2.19. The Bertz CT molecular complexity index is 506. The summed E-state index contributed by atoms with van der Waals surface area (Å²) in [6.45, 7) is 8.42. The first-order valence-corrected chi connectivity index (χ1v) is 9.29. The predicted molar refractivity (Wildman–Crippen MR) is 81.6 cm³/mol. The molecule has 1 rings (SSSR count). The van der Waals surface area contributed by atoms with E-state index >= 15 is 0 Å². The molecule has 0 aromatic carbocycles. The van der Waals surface area contributed by atoms with Gasteiger partial charge in [0.05, 0.1) is 9.75 Å². The van der Waals surface area contributed by atoms with Crippen LogP contribution in [-0.2, 0) is 16.3 Å². The summed E-state index contributed by atoms with van der Waals surface area (Å²) in [6.07, 6.45) is 2.94. The molecule has 0 saturated heterocycles. The van der Waals surface area contributed by atoms with E-state index in [0.29, 0.717) is 6.42 Å². The summed E-state index contributed by atoms with van der Waals surface area (Å²) in [7, 11) is -3.13. The molecule has 0 aliphatic heterocycles. The minimum atomic E-state index is -3.13. The molecule has 1 heterocycles. The highest BCUT2D eigenvalue weighted by atomic mass is 32.2. The smallest absolute Gasteiger partial charge is 0.154 e. The third-order valence-electron chi connectivity index (χ3n) is 3.48. The van der Waals surface area contributed by atoms with Gasteiger partial charge in [-0.15, -0.1) is 11.3 Å². The second kappa shape index (κ2) is 6.33. The van der Waals surface area contributed by atoms with Gasteiger partial charge in [0, 0.05) is 29.8 Å². The maximum Gasteiger partial charge on any atom is 0.154 e. The van der Waals surface area contributed by atoms with Crippen molar-refractivity contribution in [2.75, 3.05) is 12.8 Å². The van der Waals surface area contributed by atoms with E-state index in [0.717, 1.165) is 23.7 Å². The number of nitrogens with one attached hydrogen (secondary N) is 1. The van der Waals surface area contributed by atoms with Crippen LogP contribution in [0.25, 0.3) is 0 Å². The van der Waals surface area contributed by atoms with Gasteiger partial charge in [0.1, 0.15) is 0 Å². The minimum Gasteiger partial charge on any atom is -0.312 e. The zero-order chi connectivity index (χ0) is 14.7. The van der Waals surface area contributed by atoms with Crippen LogP contribution < -0.4 is 5.32 Å². The third-order valence-corrected chi connectivity index (χ3v) is 6.67. The summed E-state index contributed by atoms with van der Waals surface area (Å²) < 4.78 is 23.2. The van der Waals surface area contributed by atoms with E-state index in [2.05, 4.69) is 17.2 Å². The van der Waals surface area contributed by atoms with Crippen molar-refractivity contribution in [3.05, 3.63) is 16.1 Å². The Kier molecular flexibility index (Phi) is 5.53. The van der Waals surface area contributed by atoms with Gasteiger partial charge < -0.3 is 5.32 Å². The van der Waals surface area contributed by atoms with Gasteiger partial charge in [-0.2, -0.15) is 0 Å². The van der Waals surface area contributed by atoms with Gasteiger partial charge in [0.25, 0.3) is 0 Å². The molecule has 1 aromatic heterocycles. The molecule has 1 N–H and O–H groups in total. The van der Waals surface area contributed by atoms with E-state index in [4.69, 9.17) is 0 Å². The Balaban J connectivity index is 2.94. The number of sulfone groups is 1. The molecule has 1 aromatic rings. The van der Waals surface area contributed by atoms with E-state index in [1.165, 1.54) is 6.26 Å². The number of thiazole rings is 1. The molecular weight excluding hydrogens is 280 g/mol. The molecule has 1 atom stereocenters. The van der Waals surface area contributed by atoms with Crippen molar-refractivity contribution in [1.29, 1.82) is 0 Å². The molecule has 1 unspecified atom stereocenters. The minimum absolute atomic E-state index is 0.118. The number of hydrogen-bond acceptors (Lipinski definition) is 5. The Morgan fingerprint density at radius 1 is 1.47 bits per heavy atom. The molecule has 0 bridgehead atoms. The molecule has 0 aliphatic rings. The molecule has 0 radical (unpaired) electrons. The topological polar surface area (TPSA) is 59.1 Å². The number of nitrogens with zero attached hydrogens (tertiary/aromatic N) is 1. The lowest BCUT2D eigenvalue weighted by molar-refractivity contribution is 0.405. The van der Waals surface area contributed by atoms with E-state index in [1.807, 2.05) is 12.3 Å². The highest BCUT2D eigenvalue weighted by Gasteiger charge is 2.39. The van der Waals surface area contributed by atoms with Crippen molar-refractivity contribution in [3.8, 4) is 0 Å². The molecule has 19 heavy (non-hydrogen) atoms. The van der Waals surface area contributed by atoms with Crippen molar-refractivity contribution in [2.24, 2.45) is 0 Å². The normalized spacial score (nSPS) is 14.6. The van der Waals surface area contributed by atoms with Gasteiger partial charge in [-0.3, -0.25) is 0 Å². The summed E-state index contributed by atoms with van der Waals surface area (Å²) in [4.78, 5) is 4.44. The zero-order valence-corrected chi connectivity index (χ0v) is 14.0. The Morgan fingerprint density at radius 2 is 2.11 bits per heavy atom. The lowest BCUT2D eigenvalue weighted by atomic mass is 10.00. The largest absolute Gasteiger partial charge is 0.312 e. The molecule has 4 nitrogen and oxygen atoms in total. The second-order valence-corrected chi connectivity index (χ2v) is 9.01. The van der Waals surface area contributed by atoms with Crippen LogP contribution in [0.15, 0.2) is 5.38 Å². The van der Waals surface area contributed by atoms with Crippen LogP contribution in [0.2, 0.25) is 0 Å². The summed E-state index contributed by atoms with van der Waals surface area (Å²) in [6, 6.07) is -0.118. The van der Waals surface area contributed by atoms with Crippen LogP contribution in [0.3, 0.4) is 0 Å². The van der Waals surface area contributed by atoms with Crippen LogP contribution >= 0.6 is 11.3 Å². The summed E-state index contributed by atoms with van der Waals surface area (Å²) in [5.74, 6) is 0. The lowest BCUT2D eigenvalue weighted by Crippen LogP contribution is -2.52. The van der Waals surface area contributed by atoms with Gasteiger partial charge in [0.15, 0.2) is 9.84 Å². The van der Waals surface area contributed by atoms with Crippen LogP contribution in [0.4, 0.5) is 0 Å². The fourth-order valence-electron chi connectivity index (χ4n) is 1.81. The molecule has 110 valence electrons. The molecule has 6 heteroatoms. The van der Waals surface area contributed by atoms with Crippen molar-refractivity contribution in [1.82, 2.24) is 10.3 Å². The summed E-state index contributed by atoms with van der Waals surface area (Å²) in [5, 5.41) is 6.35. The fraction of sp³-hybridized carbons (Fsp3) is 0.769. The number of rotatable bonds is 7. The van der Waals surface area contributed by atoms with E-state index < -0.39 is 14.6 Å². The highest BCUT2D eigenvalue weighted by Crippen LogP contribution is 2.24. The fourth-order valence-corrected chi connectivity index (χ4v) is 3.31. The first kappa shape index (κ1) is 16.6. The van der Waals surface area contributed by atoms with Gasteiger partial charge in [-0.1, -0.05) is 6.92 Å². The molecule has 0 saturated carbocycles. The summed E-state index contributed by atoms with van der Waals surface area (Å²) in [5.41, 5.74) is 0.992. The standard InChI is InChI=1S/C13H24N2O2S2/c1-6-7-14-11(13(3,4)19(5,16)17)8-12-15-10(2)9-18-12/h9,11,14H,6-8H2,1-5H3. The molecule has 0 spiro atoms. The quantitative estimate of drug-likeness (QED) is 0.839. The maximum absolute atomic E-state index is 12.0. The Labute approximate surface area is 120 Å². The Morgan fingerprint density at radius 3 is 2.53 bits per heavy atom. The van der Waals surface area contributed by atoms with E-state index in [9.17, 15) is 8.42 Å². The number of aryl methyl sites for hydroxylation is 1. The SMILES string of the molecule is CCCNC(Cc1nc(C)cs1)C(C)(C)S(C)(=O)=O. The molecule has 0 amide bonds. The third kappa shape index (κ3) is 4.26. The first-order valence-electron chi connectivity index (χ1n) is 6.52. The average molecular weight is 304 g/mol. The van der Waals surface area contributed by atoms with Crippen LogP contribution in [0.1, 0.15) is 37.9 Å². The molecule has 0 aliphatic carbocycles. The summed E-state index contributed by atoms with van der Waals surface area (Å²) >= 11 is 1.59. The number of hydrogen-bond donors (Lipinski definition) is 1. The molecular formula is C13H24N2O2S2. The highest BCUT2D eigenvalue weighted by molar-refractivity contribution is 7.92. The second-order valence-electron chi connectivity index (χ2n) is 5.47. The monoisotopic (exact) mass is 304 g/mol. The molecule has 0 fully saturated rings. The van der Waals surface area contributed by atoms with Crippen LogP contribution in [0.5, 0.6) is 0 Å². The zero-order valence-electron chi connectivity index (χ0n) is 12.4. The van der Waals surface area contributed by atoms with Gasteiger partial charge in [-0.05, 0) is 33.7 Å². The van der Waals surface area contributed by atoms with Crippen molar-refractivity contribution in [3.63, 3.8) is 0 Å². The van der Waals surface area contributed by atoms with Crippen LogP contribution in [-0.4, -0.2) is 37.0 Å². The van der Waals surface area contributed by atoms with Crippen LogP contribution in [0, 0.1) is 6.92 Å². The Hall–Kier alpha value is -0.460. The van der Waals surface area contributed by atoms with Crippen molar-refractivity contribution in [2.45, 2.75) is 51.3 Å². The maximum atomic E-state index is 12.0. The van der Waals surface area contributed by atoms with Crippen molar-refractivity contribution < 1.29 is 8.42 Å². The number of aromatic nitrogens is 1. The lowest BCUT2D eigenvalue weighted by Gasteiger charge is -2.33. The van der Waals surface area contributed by atoms with Crippen molar-refractivity contribution >= 4 is 21.2 Å². The van der Waals surface area contributed by atoms with E-state index in [-0.39, 0.29) is 6.04 Å².